The highest BCUT2D eigenvalue weighted by Gasteiger charge is 2.39. The van der Waals surface area contributed by atoms with Crippen molar-refractivity contribution >= 4 is 23.6 Å². The van der Waals surface area contributed by atoms with Crippen LogP contribution in [0.1, 0.15) is 34.1 Å². The maximum atomic E-state index is 15.1. The molecule has 37 heavy (non-hydrogen) atoms. The fourth-order valence-corrected chi connectivity index (χ4v) is 6.13. The molecule has 0 spiro atoms. The summed E-state index contributed by atoms with van der Waals surface area (Å²) in [4.78, 5) is 41.0. The zero-order valence-electron chi connectivity index (χ0n) is 19.7. The monoisotopic (exact) mass is 525 g/mol. The number of pyridine rings is 1. The van der Waals surface area contributed by atoms with Crippen molar-refractivity contribution in [3.63, 3.8) is 0 Å². The molecule has 11 heteroatoms. The van der Waals surface area contributed by atoms with Crippen LogP contribution in [0.3, 0.4) is 0 Å². The fourth-order valence-electron chi connectivity index (χ4n) is 5.03. The first-order valence-corrected chi connectivity index (χ1v) is 12.7. The number of nitrogens with zero attached hydrogens (tertiary/aromatic N) is 2. The van der Waals surface area contributed by atoms with E-state index in [-0.39, 0.29) is 41.4 Å². The number of halogens is 2. The lowest BCUT2D eigenvalue weighted by Crippen LogP contribution is -2.59. The van der Waals surface area contributed by atoms with E-state index < -0.39 is 40.9 Å². The van der Waals surface area contributed by atoms with E-state index in [1.165, 1.54) is 27.4 Å². The summed E-state index contributed by atoms with van der Waals surface area (Å²) in [6.45, 7) is 1.89. The molecule has 3 aliphatic rings. The molecular formula is C26H21F2N3O5S. The SMILES string of the molecule is CC(=O)Oc1c2n(c(-c3cc(F)c(F)c4c3Cc3ccccc3SC4)cc1=O)N[C@@H]1COCCN1C2=O. The Morgan fingerprint density at radius 2 is 2.00 bits per heavy atom. The van der Waals surface area contributed by atoms with Crippen LogP contribution >= 0.6 is 11.8 Å². The summed E-state index contributed by atoms with van der Waals surface area (Å²) in [5.74, 6) is -3.52. The number of fused-ring (bicyclic) bond motifs is 4. The number of esters is 1. The number of carbonyl (C=O) groups is 2. The third kappa shape index (κ3) is 3.89. The lowest BCUT2D eigenvalue weighted by atomic mass is 9.92. The van der Waals surface area contributed by atoms with Crippen LogP contribution in [-0.2, 0) is 21.7 Å². The molecule has 0 unspecified atom stereocenters. The second-order valence-electron chi connectivity index (χ2n) is 8.97. The van der Waals surface area contributed by atoms with Gasteiger partial charge in [-0.2, -0.15) is 0 Å². The van der Waals surface area contributed by atoms with Crippen molar-refractivity contribution in [2.45, 2.75) is 30.2 Å². The topological polar surface area (TPSA) is 89.9 Å². The van der Waals surface area contributed by atoms with Gasteiger partial charge in [-0.25, -0.2) is 13.5 Å². The van der Waals surface area contributed by atoms with Gasteiger partial charge in [0, 0.05) is 41.3 Å². The number of amides is 1. The summed E-state index contributed by atoms with van der Waals surface area (Å²) < 4.78 is 42.1. The maximum absolute atomic E-state index is 15.1. The predicted octanol–water partition coefficient (Wildman–Crippen LogP) is 3.27. The van der Waals surface area contributed by atoms with E-state index in [1.807, 2.05) is 24.3 Å². The minimum Gasteiger partial charge on any atom is -0.420 e. The van der Waals surface area contributed by atoms with Crippen LogP contribution in [0, 0.1) is 11.6 Å². The molecule has 0 saturated carbocycles. The van der Waals surface area contributed by atoms with E-state index in [1.54, 1.807) is 0 Å². The number of ether oxygens (including phenoxy) is 2. The highest BCUT2D eigenvalue weighted by Crippen LogP contribution is 2.40. The molecule has 1 fully saturated rings. The molecule has 2 aromatic carbocycles. The first-order valence-electron chi connectivity index (χ1n) is 11.7. The Hall–Kier alpha value is -3.70. The average molecular weight is 526 g/mol. The van der Waals surface area contributed by atoms with E-state index in [0.29, 0.717) is 18.6 Å². The summed E-state index contributed by atoms with van der Waals surface area (Å²) in [5, 5.41) is 0. The van der Waals surface area contributed by atoms with Crippen molar-refractivity contribution in [3.05, 3.63) is 80.6 Å². The van der Waals surface area contributed by atoms with Crippen molar-refractivity contribution in [1.29, 1.82) is 0 Å². The number of hydrogen-bond donors (Lipinski definition) is 1. The van der Waals surface area contributed by atoms with Gasteiger partial charge in [0.25, 0.3) is 5.91 Å². The Kier molecular flexibility index (Phi) is 5.76. The van der Waals surface area contributed by atoms with Crippen LogP contribution < -0.4 is 15.6 Å². The van der Waals surface area contributed by atoms with E-state index in [2.05, 4.69) is 5.43 Å². The Balaban J connectivity index is 1.62. The third-order valence-corrected chi connectivity index (χ3v) is 7.85. The Morgan fingerprint density at radius 1 is 1.19 bits per heavy atom. The molecule has 4 heterocycles. The van der Waals surface area contributed by atoms with E-state index >= 15 is 4.39 Å². The van der Waals surface area contributed by atoms with Crippen molar-refractivity contribution in [2.24, 2.45) is 0 Å². The predicted molar refractivity (Wildman–Crippen MR) is 131 cm³/mol. The molecule has 0 aliphatic carbocycles. The van der Waals surface area contributed by atoms with Crippen LogP contribution in [0.15, 0.2) is 46.1 Å². The molecule has 3 aliphatic heterocycles. The molecule has 0 radical (unpaired) electrons. The van der Waals surface area contributed by atoms with Crippen LogP contribution in [0.25, 0.3) is 11.3 Å². The second-order valence-corrected chi connectivity index (χ2v) is 9.99. The molecule has 1 N–H and O–H groups in total. The number of rotatable bonds is 2. The van der Waals surface area contributed by atoms with Crippen LogP contribution in [0.5, 0.6) is 5.75 Å². The summed E-state index contributed by atoms with van der Waals surface area (Å²) in [7, 11) is 0. The van der Waals surface area contributed by atoms with Gasteiger partial charge in [-0.05, 0) is 29.7 Å². The summed E-state index contributed by atoms with van der Waals surface area (Å²) >= 11 is 1.41. The number of aromatic nitrogens is 1. The number of thioether (sulfide) groups is 1. The van der Waals surface area contributed by atoms with E-state index in [4.69, 9.17) is 9.47 Å². The lowest BCUT2D eigenvalue weighted by Gasteiger charge is -2.42. The zero-order valence-corrected chi connectivity index (χ0v) is 20.5. The minimum atomic E-state index is -1.06. The van der Waals surface area contributed by atoms with Crippen molar-refractivity contribution < 1.29 is 27.8 Å². The Bertz CT molecular complexity index is 1540. The van der Waals surface area contributed by atoms with Gasteiger partial charge >= 0.3 is 5.97 Å². The molecule has 1 atom stereocenters. The Morgan fingerprint density at radius 3 is 2.81 bits per heavy atom. The van der Waals surface area contributed by atoms with Gasteiger partial charge in [0.05, 0.1) is 18.9 Å². The summed E-state index contributed by atoms with van der Waals surface area (Å²) in [6.07, 6.45) is -0.271. The number of hydrogen-bond acceptors (Lipinski definition) is 7. The molecule has 8 nitrogen and oxygen atoms in total. The molecule has 6 rings (SSSR count). The highest BCUT2D eigenvalue weighted by atomic mass is 32.2. The van der Waals surface area contributed by atoms with Gasteiger partial charge in [-0.15, -0.1) is 11.8 Å². The average Bonchev–Trinajstić information content (AvgIpc) is 3.08. The van der Waals surface area contributed by atoms with Crippen molar-refractivity contribution in [3.8, 4) is 17.0 Å². The number of carbonyl (C=O) groups excluding carboxylic acids is 2. The minimum absolute atomic E-state index is 0.161. The van der Waals surface area contributed by atoms with Gasteiger partial charge in [0.1, 0.15) is 6.17 Å². The summed E-state index contributed by atoms with van der Waals surface area (Å²) in [5.41, 5.74) is 4.34. The zero-order chi connectivity index (χ0) is 25.8. The fraction of sp³-hybridized carbons (Fsp3) is 0.269. The third-order valence-electron chi connectivity index (χ3n) is 6.71. The molecular weight excluding hydrogens is 504 g/mol. The first-order chi connectivity index (χ1) is 17.8. The van der Waals surface area contributed by atoms with Gasteiger partial charge in [-0.3, -0.25) is 14.4 Å². The van der Waals surface area contributed by atoms with Gasteiger partial charge in [0.2, 0.25) is 11.2 Å². The molecule has 0 bridgehead atoms. The molecule has 1 amide bonds. The lowest BCUT2D eigenvalue weighted by molar-refractivity contribution is -0.132. The van der Waals surface area contributed by atoms with Crippen molar-refractivity contribution in [1.82, 2.24) is 9.58 Å². The van der Waals surface area contributed by atoms with Crippen LogP contribution in [0.4, 0.5) is 8.78 Å². The van der Waals surface area contributed by atoms with Gasteiger partial charge < -0.3 is 19.8 Å². The van der Waals surface area contributed by atoms with Crippen molar-refractivity contribution in [2.75, 3.05) is 25.2 Å². The smallest absolute Gasteiger partial charge is 0.308 e. The van der Waals surface area contributed by atoms with Gasteiger partial charge in [-0.1, -0.05) is 18.2 Å². The standard InChI is InChI=1S/C26H21F2N3O5S/c1-13(32)36-25-20(33)10-19(31-24(25)26(34)30-6-7-35-11-22(30)29-31)16-9-18(27)23(28)17-12-37-21-5-3-2-4-14(21)8-15(16)17/h2-5,9-10,22,29H,6-8,11-12H2,1H3/t22-/m0/s1. The number of nitrogens with one attached hydrogen (secondary N) is 1. The van der Waals surface area contributed by atoms with Gasteiger partial charge in [0.15, 0.2) is 17.3 Å². The molecule has 1 aromatic heterocycles. The highest BCUT2D eigenvalue weighted by molar-refractivity contribution is 7.98. The molecule has 1 saturated heterocycles. The van der Waals surface area contributed by atoms with Crippen LogP contribution in [0.2, 0.25) is 0 Å². The number of morpholine rings is 1. The second kappa shape index (κ2) is 9.00. The molecule has 190 valence electrons. The quantitative estimate of drug-likeness (QED) is 0.514. The van der Waals surface area contributed by atoms with E-state index in [0.717, 1.165) is 23.4 Å². The summed E-state index contributed by atoms with van der Waals surface area (Å²) in [6, 6.07) is 9.85. The van der Waals surface area contributed by atoms with E-state index in [9.17, 15) is 18.8 Å². The molecule has 3 aromatic rings. The first kappa shape index (κ1) is 23.7. The normalized spacial score (nSPS) is 18.1. The Labute approximate surface area is 214 Å². The van der Waals surface area contributed by atoms with Crippen LogP contribution in [-0.4, -0.2) is 47.4 Å². The maximum Gasteiger partial charge on any atom is 0.308 e. The largest absolute Gasteiger partial charge is 0.420 e. The number of benzene rings is 2.